The molecule has 2 rings (SSSR count). The first-order valence-corrected chi connectivity index (χ1v) is 5.95. The first kappa shape index (κ1) is 11.7. The molecule has 1 heterocycles. The number of phenols is 1. The molecule has 0 spiro atoms. The number of aromatic hydroxyl groups is 1. The molecule has 1 fully saturated rings. The molecule has 1 aliphatic heterocycles. The number of phenolic OH excluding ortho intramolecular Hbond substituents is 1. The molecule has 0 atom stereocenters. The van der Waals surface area contributed by atoms with Crippen molar-refractivity contribution in [1.29, 1.82) is 0 Å². The van der Waals surface area contributed by atoms with Gasteiger partial charge >= 0.3 is 0 Å². The Morgan fingerprint density at radius 1 is 1.38 bits per heavy atom. The predicted molar refractivity (Wildman–Crippen MR) is 66.0 cm³/mol. The van der Waals surface area contributed by atoms with Crippen LogP contribution in [0.25, 0.3) is 0 Å². The zero-order chi connectivity index (χ0) is 11.5. The summed E-state index contributed by atoms with van der Waals surface area (Å²) < 4.78 is 0. The fourth-order valence-electron chi connectivity index (χ4n) is 2.05. The minimum Gasteiger partial charge on any atom is -0.506 e. The molecule has 1 aromatic carbocycles. The number of halogens is 1. The fourth-order valence-corrected chi connectivity index (χ4v) is 2.22. The second-order valence-corrected chi connectivity index (χ2v) is 4.66. The van der Waals surface area contributed by atoms with Gasteiger partial charge in [-0.15, -0.1) is 0 Å². The molecular weight excluding hydrogens is 224 g/mol. The van der Waals surface area contributed by atoms with Gasteiger partial charge in [0.2, 0.25) is 0 Å². The third kappa shape index (κ3) is 2.67. The van der Waals surface area contributed by atoms with Crippen molar-refractivity contribution in [1.82, 2.24) is 10.2 Å². The topological polar surface area (TPSA) is 35.5 Å². The summed E-state index contributed by atoms with van der Waals surface area (Å²) in [6, 6.07) is 3.74. The average molecular weight is 241 g/mol. The Bertz CT molecular complexity index is 376. The Labute approximate surface area is 101 Å². The molecule has 4 heteroatoms. The summed E-state index contributed by atoms with van der Waals surface area (Å²) in [4.78, 5) is 2.34. The molecule has 0 saturated carbocycles. The number of rotatable bonds is 2. The normalized spacial score (nSPS) is 17.6. The quantitative estimate of drug-likeness (QED) is 0.827. The standard InChI is InChI=1S/C12H17ClN2O/c1-9-6-10(12(13)11(16)7-9)8-15-4-2-14-3-5-15/h6-7,14,16H,2-5,8H2,1H3. The van der Waals surface area contributed by atoms with Gasteiger partial charge in [0.05, 0.1) is 5.02 Å². The molecule has 3 nitrogen and oxygen atoms in total. The van der Waals surface area contributed by atoms with Crippen molar-refractivity contribution in [2.75, 3.05) is 26.2 Å². The molecule has 16 heavy (non-hydrogen) atoms. The summed E-state index contributed by atoms with van der Waals surface area (Å²) in [5.41, 5.74) is 2.06. The van der Waals surface area contributed by atoms with Gasteiger partial charge < -0.3 is 10.4 Å². The largest absolute Gasteiger partial charge is 0.506 e. The highest BCUT2D eigenvalue weighted by atomic mass is 35.5. The second kappa shape index (κ2) is 5.04. The van der Waals surface area contributed by atoms with Crippen LogP contribution < -0.4 is 5.32 Å². The molecule has 0 unspecified atom stereocenters. The molecule has 2 N–H and O–H groups in total. The van der Waals surface area contributed by atoms with E-state index in [0.717, 1.165) is 43.9 Å². The van der Waals surface area contributed by atoms with Gasteiger partial charge in [0.15, 0.2) is 0 Å². The zero-order valence-corrected chi connectivity index (χ0v) is 10.2. The van der Waals surface area contributed by atoms with Crippen molar-refractivity contribution in [2.24, 2.45) is 0 Å². The van der Waals surface area contributed by atoms with Crippen LogP contribution >= 0.6 is 11.6 Å². The minimum absolute atomic E-state index is 0.187. The lowest BCUT2D eigenvalue weighted by Gasteiger charge is -2.27. The minimum atomic E-state index is 0.187. The van der Waals surface area contributed by atoms with E-state index in [0.29, 0.717) is 5.02 Å². The average Bonchev–Trinajstić information content (AvgIpc) is 2.27. The van der Waals surface area contributed by atoms with Crippen molar-refractivity contribution < 1.29 is 5.11 Å². The Hall–Kier alpha value is -0.770. The number of aryl methyl sites for hydroxylation is 1. The van der Waals surface area contributed by atoms with Crippen molar-refractivity contribution in [3.05, 3.63) is 28.3 Å². The Morgan fingerprint density at radius 3 is 2.75 bits per heavy atom. The summed E-state index contributed by atoms with van der Waals surface area (Å²) in [5, 5.41) is 13.5. The summed E-state index contributed by atoms with van der Waals surface area (Å²) in [6.45, 7) is 6.90. The SMILES string of the molecule is Cc1cc(O)c(Cl)c(CN2CCNCC2)c1. The van der Waals surface area contributed by atoms with E-state index >= 15 is 0 Å². The Balaban J connectivity index is 2.13. The lowest BCUT2D eigenvalue weighted by Crippen LogP contribution is -2.42. The van der Waals surface area contributed by atoms with Gasteiger partial charge in [0, 0.05) is 32.7 Å². The molecule has 0 bridgehead atoms. The van der Waals surface area contributed by atoms with E-state index in [9.17, 15) is 5.11 Å². The van der Waals surface area contributed by atoms with Gasteiger partial charge in [0.25, 0.3) is 0 Å². The highest BCUT2D eigenvalue weighted by Crippen LogP contribution is 2.29. The van der Waals surface area contributed by atoms with E-state index < -0.39 is 0 Å². The number of piperazine rings is 1. The maximum absolute atomic E-state index is 9.65. The van der Waals surface area contributed by atoms with E-state index in [1.54, 1.807) is 6.07 Å². The van der Waals surface area contributed by atoms with E-state index in [1.165, 1.54) is 0 Å². The third-order valence-electron chi connectivity index (χ3n) is 2.88. The molecule has 0 aromatic heterocycles. The number of nitrogens with zero attached hydrogens (tertiary/aromatic N) is 1. The van der Waals surface area contributed by atoms with Crippen LogP contribution in [0.3, 0.4) is 0 Å². The molecular formula is C12H17ClN2O. The van der Waals surface area contributed by atoms with E-state index in [2.05, 4.69) is 10.2 Å². The van der Waals surface area contributed by atoms with Gasteiger partial charge in [-0.3, -0.25) is 4.90 Å². The molecule has 88 valence electrons. The van der Waals surface area contributed by atoms with Crippen LogP contribution in [0.4, 0.5) is 0 Å². The van der Waals surface area contributed by atoms with E-state index in [4.69, 9.17) is 11.6 Å². The highest BCUT2D eigenvalue weighted by molar-refractivity contribution is 6.32. The van der Waals surface area contributed by atoms with Crippen LogP contribution in [-0.4, -0.2) is 36.2 Å². The predicted octanol–water partition coefficient (Wildman–Crippen LogP) is 1.76. The number of benzene rings is 1. The van der Waals surface area contributed by atoms with E-state index in [-0.39, 0.29) is 5.75 Å². The zero-order valence-electron chi connectivity index (χ0n) is 9.46. The first-order valence-electron chi connectivity index (χ1n) is 5.58. The second-order valence-electron chi connectivity index (χ2n) is 4.28. The number of hydrogen-bond acceptors (Lipinski definition) is 3. The number of nitrogens with one attached hydrogen (secondary N) is 1. The van der Waals surface area contributed by atoms with Gasteiger partial charge in [-0.25, -0.2) is 0 Å². The van der Waals surface area contributed by atoms with Crippen LogP contribution in [0, 0.1) is 6.92 Å². The molecule has 1 aliphatic rings. The van der Waals surface area contributed by atoms with Crippen LogP contribution in [0.5, 0.6) is 5.75 Å². The molecule has 0 radical (unpaired) electrons. The van der Waals surface area contributed by atoms with Crippen LogP contribution in [0.2, 0.25) is 5.02 Å². The van der Waals surface area contributed by atoms with Crippen LogP contribution in [-0.2, 0) is 6.54 Å². The van der Waals surface area contributed by atoms with Crippen LogP contribution in [0.1, 0.15) is 11.1 Å². The van der Waals surface area contributed by atoms with Crippen molar-refractivity contribution >= 4 is 11.6 Å². The monoisotopic (exact) mass is 240 g/mol. The smallest absolute Gasteiger partial charge is 0.134 e. The van der Waals surface area contributed by atoms with Crippen LogP contribution in [0.15, 0.2) is 12.1 Å². The van der Waals surface area contributed by atoms with Gasteiger partial charge in [-0.05, 0) is 24.1 Å². The molecule has 0 aliphatic carbocycles. The maximum Gasteiger partial charge on any atom is 0.134 e. The van der Waals surface area contributed by atoms with Gasteiger partial charge in [-0.2, -0.15) is 0 Å². The van der Waals surface area contributed by atoms with Crippen molar-refractivity contribution in [2.45, 2.75) is 13.5 Å². The highest BCUT2D eigenvalue weighted by Gasteiger charge is 2.13. The van der Waals surface area contributed by atoms with Crippen molar-refractivity contribution in [3.63, 3.8) is 0 Å². The van der Waals surface area contributed by atoms with Gasteiger partial charge in [0.1, 0.15) is 5.75 Å². The lowest BCUT2D eigenvalue weighted by atomic mass is 10.1. The summed E-state index contributed by atoms with van der Waals surface area (Å²) >= 11 is 6.09. The Kier molecular flexibility index (Phi) is 3.69. The van der Waals surface area contributed by atoms with Crippen molar-refractivity contribution in [3.8, 4) is 5.75 Å². The van der Waals surface area contributed by atoms with Gasteiger partial charge in [-0.1, -0.05) is 17.7 Å². The summed E-state index contributed by atoms with van der Waals surface area (Å²) in [5.74, 6) is 0.187. The van der Waals surface area contributed by atoms with E-state index in [1.807, 2.05) is 13.0 Å². The lowest BCUT2D eigenvalue weighted by molar-refractivity contribution is 0.233. The molecule has 1 aromatic rings. The summed E-state index contributed by atoms with van der Waals surface area (Å²) in [6.07, 6.45) is 0. The molecule has 1 saturated heterocycles. The third-order valence-corrected chi connectivity index (χ3v) is 3.31. The maximum atomic E-state index is 9.65. The number of hydrogen-bond donors (Lipinski definition) is 2. The Morgan fingerprint density at radius 2 is 2.06 bits per heavy atom. The molecule has 0 amide bonds. The first-order chi connectivity index (χ1) is 7.66. The fraction of sp³-hybridized carbons (Fsp3) is 0.500. The summed E-state index contributed by atoms with van der Waals surface area (Å²) in [7, 11) is 0.